The standard InChI is InChI=1S/C16H12ClNS/c17-16-9-12(7-8-18-16)11-19-15-6-5-13-3-1-2-4-14(13)10-15/h1-10H,11H2. The fourth-order valence-corrected chi connectivity index (χ4v) is 3.04. The van der Waals surface area contributed by atoms with Crippen molar-refractivity contribution in [3.05, 3.63) is 71.5 Å². The van der Waals surface area contributed by atoms with Crippen LogP contribution >= 0.6 is 23.4 Å². The molecule has 0 fully saturated rings. The number of benzene rings is 2. The summed E-state index contributed by atoms with van der Waals surface area (Å²) < 4.78 is 0. The first kappa shape index (κ1) is 12.5. The van der Waals surface area contributed by atoms with E-state index < -0.39 is 0 Å². The average molecular weight is 286 g/mol. The summed E-state index contributed by atoms with van der Waals surface area (Å²) in [4.78, 5) is 5.26. The quantitative estimate of drug-likeness (QED) is 0.486. The molecule has 0 radical (unpaired) electrons. The van der Waals surface area contributed by atoms with E-state index >= 15 is 0 Å². The van der Waals surface area contributed by atoms with Gasteiger partial charge in [-0.2, -0.15) is 0 Å². The normalized spacial score (nSPS) is 10.8. The lowest BCUT2D eigenvalue weighted by Gasteiger charge is -2.04. The topological polar surface area (TPSA) is 12.9 Å². The van der Waals surface area contributed by atoms with E-state index in [0.717, 1.165) is 5.75 Å². The molecule has 0 bridgehead atoms. The van der Waals surface area contributed by atoms with Crippen LogP contribution in [0, 0.1) is 0 Å². The summed E-state index contributed by atoms with van der Waals surface area (Å²) in [5.41, 5.74) is 1.19. The molecular formula is C16H12ClNS. The molecular weight excluding hydrogens is 274 g/mol. The van der Waals surface area contributed by atoms with Gasteiger partial charge < -0.3 is 0 Å². The van der Waals surface area contributed by atoms with Crippen LogP contribution in [0.15, 0.2) is 65.7 Å². The van der Waals surface area contributed by atoms with Crippen LogP contribution in [0.5, 0.6) is 0 Å². The van der Waals surface area contributed by atoms with Crippen molar-refractivity contribution in [2.45, 2.75) is 10.6 Å². The molecule has 0 N–H and O–H groups in total. The smallest absolute Gasteiger partial charge is 0.129 e. The van der Waals surface area contributed by atoms with Crippen molar-refractivity contribution < 1.29 is 0 Å². The molecule has 0 saturated carbocycles. The molecule has 0 aliphatic carbocycles. The molecule has 1 nitrogen and oxygen atoms in total. The Morgan fingerprint density at radius 3 is 2.63 bits per heavy atom. The number of rotatable bonds is 3. The monoisotopic (exact) mass is 285 g/mol. The summed E-state index contributed by atoms with van der Waals surface area (Å²) in [5, 5.41) is 3.11. The third kappa shape index (κ3) is 3.09. The number of fused-ring (bicyclic) bond motifs is 1. The van der Waals surface area contributed by atoms with Crippen LogP contribution in [0.4, 0.5) is 0 Å². The summed E-state index contributed by atoms with van der Waals surface area (Å²) in [6, 6.07) is 18.9. The van der Waals surface area contributed by atoms with Crippen molar-refractivity contribution in [1.29, 1.82) is 0 Å². The van der Waals surface area contributed by atoms with Gasteiger partial charge >= 0.3 is 0 Å². The Kier molecular flexibility index (Phi) is 3.72. The first-order chi connectivity index (χ1) is 9.31. The molecule has 3 aromatic rings. The van der Waals surface area contributed by atoms with E-state index in [2.05, 4.69) is 47.4 Å². The SMILES string of the molecule is Clc1cc(CSc2ccc3ccccc3c2)ccn1. The van der Waals surface area contributed by atoms with Crippen LogP contribution in [-0.2, 0) is 5.75 Å². The summed E-state index contributed by atoms with van der Waals surface area (Å²) in [6.45, 7) is 0. The second-order valence-electron chi connectivity index (χ2n) is 4.28. The molecule has 3 rings (SSSR count). The second-order valence-corrected chi connectivity index (χ2v) is 5.72. The maximum absolute atomic E-state index is 5.88. The molecule has 1 aromatic heterocycles. The van der Waals surface area contributed by atoms with E-state index in [9.17, 15) is 0 Å². The lowest BCUT2D eigenvalue weighted by atomic mass is 10.1. The average Bonchev–Trinajstić information content (AvgIpc) is 2.45. The first-order valence-corrected chi connectivity index (χ1v) is 7.40. The van der Waals surface area contributed by atoms with Crippen molar-refractivity contribution in [3.8, 4) is 0 Å². The van der Waals surface area contributed by atoms with Crippen molar-refractivity contribution >= 4 is 34.1 Å². The van der Waals surface area contributed by atoms with Crippen LogP contribution in [0.2, 0.25) is 5.15 Å². The predicted molar refractivity (Wildman–Crippen MR) is 82.8 cm³/mol. The molecule has 0 saturated heterocycles. The molecule has 0 atom stereocenters. The van der Waals surface area contributed by atoms with Gasteiger partial charge in [-0.1, -0.05) is 41.9 Å². The highest BCUT2D eigenvalue weighted by atomic mass is 35.5. The number of pyridine rings is 1. The summed E-state index contributed by atoms with van der Waals surface area (Å²) in [5.74, 6) is 0.903. The summed E-state index contributed by atoms with van der Waals surface area (Å²) >= 11 is 7.69. The van der Waals surface area contributed by atoms with Crippen molar-refractivity contribution in [2.75, 3.05) is 0 Å². The molecule has 0 aliphatic rings. The number of hydrogen-bond donors (Lipinski definition) is 0. The Morgan fingerprint density at radius 1 is 0.947 bits per heavy atom. The lowest BCUT2D eigenvalue weighted by molar-refractivity contribution is 1.27. The third-order valence-electron chi connectivity index (χ3n) is 2.92. The van der Waals surface area contributed by atoms with E-state index in [-0.39, 0.29) is 0 Å². The largest absolute Gasteiger partial charge is 0.245 e. The molecule has 1 heterocycles. The van der Waals surface area contributed by atoms with Gasteiger partial charge in [0.2, 0.25) is 0 Å². The molecule has 0 unspecified atom stereocenters. The van der Waals surface area contributed by atoms with Gasteiger partial charge in [0.15, 0.2) is 0 Å². The van der Waals surface area contributed by atoms with E-state index in [1.807, 2.05) is 23.9 Å². The number of nitrogens with zero attached hydrogens (tertiary/aromatic N) is 1. The van der Waals surface area contributed by atoms with Crippen LogP contribution < -0.4 is 0 Å². The number of thioether (sulfide) groups is 1. The molecule has 0 amide bonds. The molecule has 19 heavy (non-hydrogen) atoms. The fraction of sp³-hybridized carbons (Fsp3) is 0.0625. The first-order valence-electron chi connectivity index (χ1n) is 6.03. The van der Waals surface area contributed by atoms with Gasteiger partial charge in [-0.05, 0) is 40.6 Å². The predicted octanol–water partition coefficient (Wildman–Crippen LogP) is 5.18. The minimum Gasteiger partial charge on any atom is -0.245 e. The van der Waals surface area contributed by atoms with Gasteiger partial charge in [0.05, 0.1) is 0 Å². The number of halogens is 1. The van der Waals surface area contributed by atoms with Crippen LogP contribution in [0.1, 0.15) is 5.56 Å². The van der Waals surface area contributed by atoms with Crippen molar-refractivity contribution in [2.24, 2.45) is 0 Å². The van der Waals surface area contributed by atoms with Crippen LogP contribution in [-0.4, -0.2) is 4.98 Å². The maximum Gasteiger partial charge on any atom is 0.129 e. The summed E-state index contributed by atoms with van der Waals surface area (Å²) in [6.07, 6.45) is 1.75. The van der Waals surface area contributed by atoms with Gasteiger partial charge in [0, 0.05) is 16.8 Å². The van der Waals surface area contributed by atoms with Crippen molar-refractivity contribution in [3.63, 3.8) is 0 Å². The molecule has 94 valence electrons. The number of hydrogen-bond acceptors (Lipinski definition) is 2. The van der Waals surface area contributed by atoms with Crippen molar-refractivity contribution in [1.82, 2.24) is 4.98 Å². The summed E-state index contributed by atoms with van der Waals surface area (Å²) in [7, 11) is 0. The Hall–Kier alpha value is -1.51. The van der Waals surface area contributed by atoms with Gasteiger partial charge in [0.1, 0.15) is 5.15 Å². The van der Waals surface area contributed by atoms with E-state index in [4.69, 9.17) is 11.6 Å². The second kappa shape index (κ2) is 5.64. The van der Waals surface area contributed by atoms with Gasteiger partial charge in [-0.25, -0.2) is 4.98 Å². The molecule has 3 heteroatoms. The Bertz CT molecular complexity index is 712. The zero-order valence-electron chi connectivity index (χ0n) is 10.2. The Labute approximate surface area is 121 Å². The fourth-order valence-electron chi connectivity index (χ4n) is 1.96. The van der Waals surface area contributed by atoms with Crippen LogP contribution in [0.3, 0.4) is 0 Å². The minimum absolute atomic E-state index is 0.552. The highest BCUT2D eigenvalue weighted by Gasteiger charge is 1.99. The minimum atomic E-state index is 0.552. The van der Waals surface area contributed by atoms with E-state index in [1.54, 1.807) is 6.20 Å². The maximum atomic E-state index is 5.88. The highest BCUT2D eigenvalue weighted by Crippen LogP contribution is 2.26. The molecule has 0 aliphatic heterocycles. The molecule has 2 aromatic carbocycles. The van der Waals surface area contributed by atoms with Gasteiger partial charge in [-0.3, -0.25) is 0 Å². The molecule has 0 spiro atoms. The van der Waals surface area contributed by atoms with Gasteiger partial charge in [-0.15, -0.1) is 11.8 Å². The number of aromatic nitrogens is 1. The van der Waals surface area contributed by atoms with Gasteiger partial charge in [0.25, 0.3) is 0 Å². The third-order valence-corrected chi connectivity index (χ3v) is 4.19. The zero-order valence-corrected chi connectivity index (χ0v) is 11.8. The zero-order chi connectivity index (χ0) is 13.1. The van der Waals surface area contributed by atoms with E-state index in [0.29, 0.717) is 5.15 Å². The van der Waals surface area contributed by atoms with Crippen LogP contribution in [0.25, 0.3) is 10.8 Å². The lowest BCUT2D eigenvalue weighted by Crippen LogP contribution is -1.83. The Morgan fingerprint density at radius 2 is 1.79 bits per heavy atom. The van der Waals surface area contributed by atoms with E-state index in [1.165, 1.54) is 21.2 Å². The Balaban J connectivity index is 1.78. The highest BCUT2D eigenvalue weighted by molar-refractivity contribution is 7.98.